The van der Waals surface area contributed by atoms with Crippen LogP contribution in [0.15, 0.2) is 29.3 Å². The topological polar surface area (TPSA) is 69.3 Å². The lowest BCUT2D eigenvalue weighted by Crippen LogP contribution is -2.44. The summed E-state index contributed by atoms with van der Waals surface area (Å²) in [6, 6.07) is 7.87. The van der Waals surface area contributed by atoms with E-state index in [9.17, 15) is 0 Å². The minimum absolute atomic E-state index is 0. The molecular weight excluding hydrogens is 397 g/mol. The number of hydrogen-bond acceptors (Lipinski definition) is 4. The Hall–Kier alpha value is -1.06. The summed E-state index contributed by atoms with van der Waals surface area (Å²) in [5.41, 5.74) is 7.09. The smallest absolute Gasteiger partial charge is 0.191 e. The molecule has 0 bridgehead atoms. The van der Waals surface area contributed by atoms with Crippen molar-refractivity contribution in [2.75, 3.05) is 46.6 Å². The van der Waals surface area contributed by atoms with Crippen LogP contribution in [0.5, 0.6) is 5.75 Å². The van der Waals surface area contributed by atoms with Gasteiger partial charge in [0, 0.05) is 20.2 Å². The Morgan fingerprint density at radius 2 is 1.91 bits per heavy atom. The van der Waals surface area contributed by atoms with E-state index in [-0.39, 0.29) is 24.0 Å². The largest absolute Gasteiger partial charge is 0.491 e. The number of morpholine rings is 1. The van der Waals surface area contributed by atoms with Gasteiger partial charge in [0.25, 0.3) is 0 Å². The number of methoxy groups -OCH3 is 1. The average molecular weight is 421 g/mol. The molecule has 1 aromatic rings. The van der Waals surface area contributed by atoms with Crippen LogP contribution in [0.4, 0.5) is 0 Å². The second-order valence-electron chi connectivity index (χ2n) is 4.76. The van der Waals surface area contributed by atoms with Gasteiger partial charge in [-0.25, -0.2) is 4.99 Å². The zero-order valence-electron chi connectivity index (χ0n) is 12.9. The summed E-state index contributed by atoms with van der Waals surface area (Å²) in [5.74, 6) is 1.42. The highest BCUT2D eigenvalue weighted by Crippen LogP contribution is 2.13. The maximum atomic E-state index is 5.99. The molecule has 1 aliphatic heterocycles. The second kappa shape index (κ2) is 10.6. The van der Waals surface area contributed by atoms with E-state index in [4.69, 9.17) is 19.9 Å². The van der Waals surface area contributed by atoms with Gasteiger partial charge >= 0.3 is 0 Å². The molecule has 1 saturated heterocycles. The third kappa shape index (κ3) is 6.37. The Morgan fingerprint density at radius 1 is 1.23 bits per heavy atom. The lowest BCUT2D eigenvalue weighted by Gasteiger charge is -2.27. The molecule has 0 aliphatic carbocycles. The van der Waals surface area contributed by atoms with Crippen molar-refractivity contribution in [2.24, 2.45) is 10.7 Å². The molecule has 22 heavy (non-hydrogen) atoms. The molecular formula is C15H24IN3O3. The van der Waals surface area contributed by atoms with Crippen LogP contribution in [0.25, 0.3) is 0 Å². The minimum Gasteiger partial charge on any atom is -0.491 e. The summed E-state index contributed by atoms with van der Waals surface area (Å²) in [7, 11) is 1.66. The second-order valence-corrected chi connectivity index (χ2v) is 4.76. The van der Waals surface area contributed by atoms with Crippen LogP contribution in [0.3, 0.4) is 0 Å². The van der Waals surface area contributed by atoms with E-state index >= 15 is 0 Å². The molecule has 6 nitrogen and oxygen atoms in total. The van der Waals surface area contributed by atoms with Crippen LogP contribution in [0.1, 0.15) is 5.56 Å². The lowest BCUT2D eigenvalue weighted by molar-refractivity contribution is 0.0674. The Labute approximate surface area is 148 Å². The lowest BCUT2D eigenvalue weighted by atomic mass is 10.2. The minimum atomic E-state index is 0. The number of nitrogens with zero attached hydrogens (tertiary/aromatic N) is 2. The molecule has 0 spiro atoms. The van der Waals surface area contributed by atoms with Gasteiger partial charge in [-0.15, -0.1) is 24.0 Å². The number of guanidine groups is 1. The number of ether oxygens (including phenoxy) is 3. The molecule has 1 heterocycles. The monoisotopic (exact) mass is 421 g/mol. The highest BCUT2D eigenvalue weighted by molar-refractivity contribution is 14.0. The van der Waals surface area contributed by atoms with Crippen molar-refractivity contribution in [2.45, 2.75) is 6.54 Å². The van der Waals surface area contributed by atoms with E-state index in [1.54, 1.807) is 7.11 Å². The Morgan fingerprint density at radius 3 is 2.55 bits per heavy atom. The van der Waals surface area contributed by atoms with Gasteiger partial charge in [-0.05, 0) is 17.7 Å². The molecule has 124 valence electrons. The van der Waals surface area contributed by atoms with E-state index in [0.717, 1.165) is 24.4 Å². The van der Waals surface area contributed by atoms with E-state index in [1.165, 1.54) is 0 Å². The van der Waals surface area contributed by atoms with Crippen LogP contribution in [-0.4, -0.2) is 57.5 Å². The number of benzene rings is 1. The average Bonchev–Trinajstić information content (AvgIpc) is 2.55. The first kappa shape index (κ1) is 19.0. The van der Waals surface area contributed by atoms with Gasteiger partial charge in [-0.1, -0.05) is 12.1 Å². The fourth-order valence-corrected chi connectivity index (χ4v) is 2.00. The number of hydrogen-bond donors (Lipinski definition) is 1. The summed E-state index contributed by atoms with van der Waals surface area (Å²) in [6.07, 6.45) is 0. The standard InChI is InChI=1S/C15H23N3O3.HI/c1-19-10-11-21-14-4-2-13(3-5-14)12-17-15(16)18-6-8-20-9-7-18;/h2-5H,6-12H2,1H3,(H2,16,17);1H. The first-order chi connectivity index (χ1) is 10.3. The molecule has 7 heteroatoms. The molecule has 0 saturated carbocycles. The SMILES string of the molecule is COCCOc1ccc(CN=C(N)N2CCOCC2)cc1.I. The first-order valence-electron chi connectivity index (χ1n) is 7.13. The fraction of sp³-hybridized carbons (Fsp3) is 0.533. The van der Waals surface area contributed by atoms with Gasteiger partial charge in [0.05, 0.1) is 26.4 Å². The molecule has 2 rings (SSSR count). The van der Waals surface area contributed by atoms with Gasteiger partial charge in [0.1, 0.15) is 12.4 Å². The molecule has 2 N–H and O–H groups in total. The summed E-state index contributed by atoms with van der Waals surface area (Å²) < 4.78 is 15.7. The van der Waals surface area contributed by atoms with Gasteiger partial charge in [0.15, 0.2) is 5.96 Å². The molecule has 0 aromatic heterocycles. The summed E-state index contributed by atoms with van der Waals surface area (Å²) in [5, 5.41) is 0. The van der Waals surface area contributed by atoms with Crippen LogP contribution in [0, 0.1) is 0 Å². The summed E-state index contributed by atoms with van der Waals surface area (Å²) >= 11 is 0. The zero-order valence-corrected chi connectivity index (χ0v) is 15.2. The van der Waals surface area contributed by atoms with Crippen molar-refractivity contribution in [3.63, 3.8) is 0 Å². The van der Waals surface area contributed by atoms with Crippen molar-refractivity contribution in [3.8, 4) is 5.75 Å². The number of rotatable bonds is 6. The predicted octanol–water partition coefficient (Wildman–Crippen LogP) is 1.48. The molecule has 0 atom stereocenters. The van der Waals surface area contributed by atoms with E-state index < -0.39 is 0 Å². The molecule has 0 unspecified atom stereocenters. The van der Waals surface area contributed by atoms with Crippen molar-refractivity contribution in [1.82, 2.24) is 4.90 Å². The quantitative estimate of drug-likeness (QED) is 0.326. The Bertz CT molecular complexity index is 448. The first-order valence-corrected chi connectivity index (χ1v) is 7.13. The number of halogens is 1. The third-order valence-electron chi connectivity index (χ3n) is 3.24. The number of aliphatic imine (C=N–C) groups is 1. The van der Waals surface area contributed by atoms with Gasteiger partial charge in [-0.2, -0.15) is 0 Å². The highest BCUT2D eigenvalue weighted by atomic mass is 127. The Balaban J connectivity index is 0.00000242. The summed E-state index contributed by atoms with van der Waals surface area (Å²) in [4.78, 5) is 6.47. The fourth-order valence-electron chi connectivity index (χ4n) is 2.00. The van der Waals surface area contributed by atoms with E-state index in [0.29, 0.717) is 38.9 Å². The van der Waals surface area contributed by atoms with Crippen LogP contribution >= 0.6 is 24.0 Å². The molecule has 1 aromatic carbocycles. The summed E-state index contributed by atoms with van der Waals surface area (Å²) in [6.45, 7) is 4.75. The normalized spacial score (nSPS) is 15.3. The van der Waals surface area contributed by atoms with E-state index in [1.807, 2.05) is 29.2 Å². The van der Waals surface area contributed by atoms with Crippen molar-refractivity contribution in [3.05, 3.63) is 29.8 Å². The Kier molecular flexibility index (Phi) is 9.17. The molecule has 1 aliphatic rings. The maximum Gasteiger partial charge on any atom is 0.191 e. The number of nitrogens with two attached hydrogens (primary N) is 1. The zero-order chi connectivity index (χ0) is 14.9. The molecule has 0 amide bonds. The maximum absolute atomic E-state index is 5.99. The van der Waals surface area contributed by atoms with E-state index in [2.05, 4.69) is 4.99 Å². The molecule has 0 radical (unpaired) electrons. The third-order valence-corrected chi connectivity index (χ3v) is 3.24. The van der Waals surface area contributed by atoms with Gasteiger partial charge in [-0.3, -0.25) is 0 Å². The predicted molar refractivity (Wildman–Crippen MR) is 96.9 cm³/mol. The highest BCUT2D eigenvalue weighted by Gasteiger charge is 2.11. The molecule has 1 fully saturated rings. The van der Waals surface area contributed by atoms with Crippen molar-refractivity contribution < 1.29 is 14.2 Å². The van der Waals surface area contributed by atoms with Gasteiger partial charge < -0.3 is 24.8 Å². The van der Waals surface area contributed by atoms with Crippen molar-refractivity contribution in [1.29, 1.82) is 0 Å². The van der Waals surface area contributed by atoms with Crippen LogP contribution in [0.2, 0.25) is 0 Å². The van der Waals surface area contributed by atoms with Crippen LogP contribution in [-0.2, 0) is 16.0 Å². The van der Waals surface area contributed by atoms with Crippen LogP contribution < -0.4 is 10.5 Å². The van der Waals surface area contributed by atoms with Gasteiger partial charge in [0.2, 0.25) is 0 Å². The van der Waals surface area contributed by atoms with Crippen molar-refractivity contribution >= 4 is 29.9 Å².